The van der Waals surface area contributed by atoms with Crippen LogP contribution in [0.3, 0.4) is 0 Å². The second kappa shape index (κ2) is 9.48. The SMILES string of the molecule is O=C(Cc1ccc(N2CCC(O)(c3ccccc3)CC2)nc1)c1csc(-c2ccc3c(c2)CCO3)n1. The molecule has 0 spiro atoms. The Balaban J connectivity index is 1.08. The molecule has 2 aliphatic rings. The first-order valence-electron chi connectivity index (χ1n) is 12.3. The molecule has 7 heteroatoms. The Labute approximate surface area is 214 Å². The van der Waals surface area contributed by atoms with Gasteiger partial charge in [-0.3, -0.25) is 4.79 Å². The summed E-state index contributed by atoms with van der Waals surface area (Å²) in [4.78, 5) is 24.3. The van der Waals surface area contributed by atoms with E-state index in [0.717, 1.165) is 59.4 Å². The number of nitrogens with zero attached hydrogens (tertiary/aromatic N) is 3. The fraction of sp³-hybridized carbons (Fsp3) is 0.276. The molecule has 0 radical (unpaired) electrons. The summed E-state index contributed by atoms with van der Waals surface area (Å²) in [5.74, 6) is 1.80. The molecule has 1 saturated heterocycles. The average molecular weight is 498 g/mol. The quantitative estimate of drug-likeness (QED) is 0.376. The van der Waals surface area contributed by atoms with Crippen molar-refractivity contribution in [2.24, 2.45) is 0 Å². The van der Waals surface area contributed by atoms with Crippen molar-refractivity contribution >= 4 is 22.9 Å². The van der Waals surface area contributed by atoms with Gasteiger partial charge in [-0.05, 0) is 53.8 Å². The number of hydrogen-bond donors (Lipinski definition) is 1. The normalized spacial score (nSPS) is 16.4. The summed E-state index contributed by atoms with van der Waals surface area (Å²) < 4.78 is 5.58. The van der Waals surface area contributed by atoms with Crippen molar-refractivity contribution in [1.29, 1.82) is 0 Å². The molecule has 0 unspecified atom stereocenters. The van der Waals surface area contributed by atoms with Crippen LogP contribution in [0.15, 0.2) is 72.2 Å². The number of anilines is 1. The number of fused-ring (bicyclic) bond motifs is 1. The van der Waals surface area contributed by atoms with Gasteiger partial charge in [0.2, 0.25) is 0 Å². The van der Waals surface area contributed by atoms with Crippen molar-refractivity contribution in [1.82, 2.24) is 9.97 Å². The zero-order valence-corrected chi connectivity index (χ0v) is 20.7. The van der Waals surface area contributed by atoms with Crippen LogP contribution < -0.4 is 9.64 Å². The zero-order valence-electron chi connectivity index (χ0n) is 19.9. The van der Waals surface area contributed by atoms with Crippen LogP contribution in [0.5, 0.6) is 5.75 Å². The van der Waals surface area contributed by atoms with Crippen molar-refractivity contribution in [3.05, 3.63) is 94.6 Å². The number of benzene rings is 2. The van der Waals surface area contributed by atoms with Crippen LogP contribution in [-0.2, 0) is 18.4 Å². The van der Waals surface area contributed by atoms with Crippen LogP contribution in [0.4, 0.5) is 5.82 Å². The molecule has 182 valence electrons. The Morgan fingerprint density at radius 3 is 2.69 bits per heavy atom. The lowest BCUT2D eigenvalue weighted by Crippen LogP contribution is -2.42. The molecule has 4 heterocycles. The highest BCUT2D eigenvalue weighted by Crippen LogP contribution is 2.34. The fourth-order valence-corrected chi connectivity index (χ4v) is 5.80. The Morgan fingerprint density at radius 2 is 1.92 bits per heavy atom. The molecule has 0 atom stereocenters. The number of hydrogen-bond acceptors (Lipinski definition) is 7. The van der Waals surface area contributed by atoms with Gasteiger partial charge in [-0.2, -0.15) is 0 Å². The maximum absolute atomic E-state index is 12.9. The van der Waals surface area contributed by atoms with Gasteiger partial charge in [0.25, 0.3) is 0 Å². The maximum atomic E-state index is 12.9. The van der Waals surface area contributed by atoms with E-state index in [1.807, 2.05) is 60.0 Å². The number of carbonyl (C=O) groups is 1. The zero-order chi connectivity index (χ0) is 24.5. The summed E-state index contributed by atoms with van der Waals surface area (Å²) in [7, 11) is 0. The molecule has 36 heavy (non-hydrogen) atoms. The van der Waals surface area contributed by atoms with E-state index in [0.29, 0.717) is 18.5 Å². The van der Waals surface area contributed by atoms with Crippen LogP contribution in [0.2, 0.25) is 0 Å². The lowest BCUT2D eigenvalue weighted by molar-refractivity contribution is 0.0116. The van der Waals surface area contributed by atoms with E-state index in [2.05, 4.69) is 20.9 Å². The summed E-state index contributed by atoms with van der Waals surface area (Å²) in [6.07, 6.45) is 4.26. The molecule has 2 aromatic heterocycles. The van der Waals surface area contributed by atoms with Gasteiger partial charge >= 0.3 is 0 Å². The van der Waals surface area contributed by atoms with Gasteiger partial charge in [0, 0.05) is 43.1 Å². The van der Waals surface area contributed by atoms with E-state index in [9.17, 15) is 9.90 Å². The number of piperidine rings is 1. The van der Waals surface area contributed by atoms with Crippen LogP contribution in [0.25, 0.3) is 10.6 Å². The third-order valence-corrected chi connectivity index (χ3v) is 8.02. The topological polar surface area (TPSA) is 75.6 Å². The summed E-state index contributed by atoms with van der Waals surface area (Å²) in [6.45, 7) is 2.18. The smallest absolute Gasteiger partial charge is 0.186 e. The van der Waals surface area contributed by atoms with E-state index in [1.54, 1.807) is 6.20 Å². The van der Waals surface area contributed by atoms with Gasteiger partial charge < -0.3 is 14.7 Å². The molecular formula is C29H27N3O3S. The number of rotatable bonds is 6. The van der Waals surface area contributed by atoms with Crippen molar-refractivity contribution in [3.63, 3.8) is 0 Å². The highest BCUT2D eigenvalue weighted by Gasteiger charge is 2.34. The molecule has 0 aliphatic carbocycles. The molecular weight excluding hydrogens is 470 g/mol. The second-order valence-corrected chi connectivity index (χ2v) is 10.3. The van der Waals surface area contributed by atoms with Crippen LogP contribution in [-0.4, -0.2) is 40.6 Å². The van der Waals surface area contributed by atoms with Crippen LogP contribution >= 0.6 is 11.3 Å². The number of thiazole rings is 1. The minimum Gasteiger partial charge on any atom is -0.493 e. The van der Waals surface area contributed by atoms with Crippen molar-refractivity contribution in [2.75, 3.05) is 24.6 Å². The molecule has 0 bridgehead atoms. The molecule has 6 nitrogen and oxygen atoms in total. The lowest BCUT2D eigenvalue weighted by Gasteiger charge is -2.39. The second-order valence-electron chi connectivity index (χ2n) is 9.47. The number of Topliss-reactive ketones (excluding diaryl/α,β-unsaturated/α-hetero) is 1. The molecule has 1 fully saturated rings. The first-order chi connectivity index (χ1) is 17.6. The summed E-state index contributed by atoms with van der Waals surface area (Å²) in [5, 5.41) is 13.8. The average Bonchev–Trinajstić information content (AvgIpc) is 3.60. The van der Waals surface area contributed by atoms with Gasteiger partial charge in [-0.1, -0.05) is 36.4 Å². The Morgan fingerprint density at radius 1 is 1.08 bits per heavy atom. The molecule has 2 aliphatic heterocycles. The number of aromatic nitrogens is 2. The molecule has 6 rings (SSSR count). The third kappa shape index (κ3) is 4.52. The monoisotopic (exact) mass is 497 g/mol. The summed E-state index contributed by atoms with van der Waals surface area (Å²) in [5.41, 5.74) is 3.76. The van der Waals surface area contributed by atoms with E-state index in [1.165, 1.54) is 16.9 Å². The summed E-state index contributed by atoms with van der Waals surface area (Å²) in [6, 6.07) is 19.9. The van der Waals surface area contributed by atoms with Crippen molar-refractivity contribution in [3.8, 4) is 16.3 Å². The third-order valence-electron chi connectivity index (χ3n) is 7.13. The fourth-order valence-electron chi connectivity index (χ4n) is 4.98. The molecule has 4 aromatic rings. The molecule has 0 saturated carbocycles. The predicted molar refractivity (Wildman–Crippen MR) is 141 cm³/mol. The number of ketones is 1. The largest absolute Gasteiger partial charge is 0.493 e. The molecule has 1 N–H and O–H groups in total. The van der Waals surface area contributed by atoms with E-state index in [4.69, 9.17) is 4.74 Å². The lowest BCUT2D eigenvalue weighted by atomic mass is 9.84. The summed E-state index contributed by atoms with van der Waals surface area (Å²) >= 11 is 1.49. The van der Waals surface area contributed by atoms with Gasteiger partial charge in [-0.25, -0.2) is 9.97 Å². The minimum atomic E-state index is -0.788. The number of carbonyl (C=O) groups excluding carboxylic acids is 1. The first-order valence-corrected chi connectivity index (χ1v) is 13.2. The van der Waals surface area contributed by atoms with Gasteiger partial charge in [-0.15, -0.1) is 11.3 Å². The molecule has 2 aromatic carbocycles. The predicted octanol–water partition coefficient (Wildman–Crippen LogP) is 5.05. The Bertz CT molecular complexity index is 1380. The Hall–Kier alpha value is -3.55. The van der Waals surface area contributed by atoms with Crippen molar-refractivity contribution < 1.29 is 14.6 Å². The van der Waals surface area contributed by atoms with E-state index in [-0.39, 0.29) is 12.2 Å². The maximum Gasteiger partial charge on any atom is 0.186 e. The van der Waals surface area contributed by atoms with E-state index < -0.39 is 5.60 Å². The number of pyridine rings is 1. The minimum absolute atomic E-state index is 0.0116. The highest BCUT2D eigenvalue weighted by molar-refractivity contribution is 7.13. The van der Waals surface area contributed by atoms with Crippen molar-refractivity contribution in [2.45, 2.75) is 31.3 Å². The number of ether oxygens (including phenoxy) is 1. The van der Waals surface area contributed by atoms with Gasteiger partial charge in [0.1, 0.15) is 22.3 Å². The Kier molecular flexibility index (Phi) is 6.03. The standard InChI is InChI=1S/C29H27N3O3S/c33-25(24-19-36-28(31-24)22-7-8-26-21(17-22)10-15-35-26)16-20-6-9-27(30-18-20)32-13-11-29(34,12-14-32)23-4-2-1-3-5-23/h1-9,17-19,34H,10-16H2. The first kappa shape index (κ1) is 22.9. The number of aliphatic hydroxyl groups is 1. The van der Waals surface area contributed by atoms with Gasteiger partial charge in [0.15, 0.2) is 5.78 Å². The van der Waals surface area contributed by atoms with Crippen LogP contribution in [0, 0.1) is 0 Å². The van der Waals surface area contributed by atoms with Crippen LogP contribution in [0.1, 0.15) is 40.0 Å². The molecule has 0 amide bonds. The highest BCUT2D eigenvalue weighted by atomic mass is 32.1. The van der Waals surface area contributed by atoms with Gasteiger partial charge in [0.05, 0.1) is 12.2 Å². The van der Waals surface area contributed by atoms with E-state index >= 15 is 0 Å².